The highest BCUT2D eigenvalue weighted by atomic mass is 32.2. The lowest BCUT2D eigenvalue weighted by Crippen LogP contribution is -2.19. The van der Waals surface area contributed by atoms with E-state index in [9.17, 15) is 13.2 Å². The van der Waals surface area contributed by atoms with Crippen molar-refractivity contribution in [2.75, 3.05) is 17.6 Å². The van der Waals surface area contributed by atoms with E-state index in [2.05, 4.69) is 5.32 Å². The van der Waals surface area contributed by atoms with Gasteiger partial charge in [-0.3, -0.25) is 4.79 Å². The van der Waals surface area contributed by atoms with Crippen LogP contribution in [0.3, 0.4) is 0 Å². The number of para-hydroxylation sites is 1. The van der Waals surface area contributed by atoms with Gasteiger partial charge >= 0.3 is 5.97 Å². The summed E-state index contributed by atoms with van der Waals surface area (Å²) >= 11 is 0. The summed E-state index contributed by atoms with van der Waals surface area (Å²) < 4.78 is 24.4. The normalized spacial score (nSPS) is 12.9. The van der Waals surface area contributed by atoms with Gasteiger partial charge in [0.25, 0.3) is 0 Å². The zero-order valence-corrected chi connectivity index (χ0v) is 13.3. The molecule has 1 aromatic carbocycles. The summed E-state index contributed by atoms with van der Waals surface area (Å²) in [6, 6.07) is 6.77. The lowest BCUT2D eigenvalue weighted by Gasteiger charge is -2.17. The van der Waals surface area contributed by atoms with Gasteiger partial charge in [-0.15, -0.1) is 0 Å². The van der Waals surface area contributed by atoms with Crippen molar-refractivity contribution in [2.45, 2.75) is 38.0 Å². The number of hydrogen-bond acceptors (Lipinski definition) is 4. The molecule has 118 valence electrons. The summed E-state index contributed by atoms with van der Waals surface area (Å²) in [6.45, 7) is 4.20. The monoisotopic (exact) mass is 313 g/mol. The molecule has 0 amide bonds. The molecule has 0 saturated heterocycles. The fourth-order valence-electron chi connectivity index (χ4n) is 2.12. The van der Waals surface area contributed by atoms with E-state index < -0.39 is 15.8 Å². The number of sulfone groups is 1. The summed E-state index contributed by atoms with van der Waals surface area (Å²) in [7, 11) is -3.30. The number of hydrogen-bond donors (Lipinski definition) is 2. The van der Waals surface area contributed by atoms with Gasteiger partial charge in [-0.25, -0.2) is 8.42 Å². The van der Waals surface area contributed by atoms with Crippen molar-refractivity contribution < 1.29 is 18.3 Å². The van der Waals surface area contributed by atoms with E-state index in [4.69, 9.17) is 5.11 Å². The smallest absolute Gasteiger partial charge is 0.303 e. The first-order valence-electron chi connectivity index (χ1n) is 7.18. The maximum absolute atomic E-state index is 12.2. The van der Waals surface area contributed by atoms with Crippen LogP contribution in [-0.2, 0) is 14.6 Å². The van der Waals surface area contributed by atoms with Crippen molar-refractivity contribution in [3.05, 3.63) is 24.3 Å². The number of carboxylic acids is 1. The molecule has 0 aliphatic rings. The van der Waals surface area contributed by atoms with E-state index in [1.54, 1.807) is 24.3 Å². The average Bonchev–Trinajstić information content (AvgIpc) is 2.43. The molecule has 1 rings (SSSR count). The van der Waals surface area contributed by atoms with Gasteiger partial charge in [-0.1, -0.05) is 32.4 Å². The van der Waals surface area contributed by atoms with E-state index in [1.165, 1.54) is 0 Å². The molecule has 0 aliphatic carbocycles. The van der Waals surface area contributed by atoms with Crippen molar-refractivity contribution in [3.8, 4) is 0 Å². The van der Waals surface area contributed by atoms with Gasteiger partial charge in [-0.05, 0) is 24.5 Å². The Balaban J connectivity index is 2.87. The Hall–Kier alpha value is -1.56. The van der Waals surface area contributed by atoms with Crippen LogP contribution in [0, 0.1) is 5.92 Å². The van der Waals surface area contributed by atoms with Gasteiger partial charge in [-0.2, -0.15) is 0 Å². The van der Waals surface area contributed by atoms with Gasteiger partial charge < -0.3 is 10.4 Å². The van der Waals surface area contributed by atoms with Crippen molar-refractivity contribution >= 4 is 21.5 Å². The molecular weight excluding hydrogens is 290 g/mol. The molecule has 5 nitrogen and oxygen atoms in total. The van der Waals surface area contributed by atoms with Gasteiger partial charge in [0.2, 0.25) is 0 Å². The van der Waals surface area contributed by atoms with Gasteiger partial charge in [0.05, 0.1) is 16.3 Å². The topological polar surface area (TPSA) is 83.5 Å². The first kappa shape index (κ1) is 17.5. The third-order valence-electron chi connectivity index (χ3n) is 3.32. The Bertz CT molecular complexity index is 569. The lowest BCUT2D eigenvalue weighted by molar-refractivity contribution is -0.138. The minimum absolute atomic E-state index is 0.0237. The van der Waals surface area contributed by atoms with Crippen molar-refractivity contribution in [1.29, 1.82) is 0 Å². The van der Waals surface area contributed by atoms with Gasteiger partial charge in [0, 0.05) is 13.0 Å². The third kappa shape index (κ3) is 5.38. The molecule has 0 spiro atoms. The van der Waals surface area contributed by atoms with E-state index in [0.717, 1.165) is 6.42 Å². The third-order valence-corrected chi connectivity index (χ3v) is 5.29. The van der Waals surface area contributed by atoms with Gasteiger partial charge in [0.1, 0.15) is 0 Å². The number of carbonyl (C=O) groups is 1. The second-order valence-corrected chi connectivity index (χ2v) is 7.15. The van der Waals surface area contributed by atoms with Crippen LogP contribution in [0.4, 0.5) is 5.69 Å². The highest BCUT2D eigenvalue weighted by Gasteiger charge is 2.18. The molecular formula is C15H23NO4S. The van der Waals surface area contributed by atoms with Crippen molar-refractivity contribution in [1.82, 2.24) is 0 Å². The van der Waals surface area contributed by atoms with Crippen molar-refractivity contribution in [2.24, 2.45) is 5.92 Å². The zero-order valence-electron chi connectivity index (χ0n) is 12.5. The van der Waals surface area contributed by atoms with Crippen LogP contribution in [0.5, 0.6) is 0 Å². The van der Waals surface area contributed by atoms with Crippen LogP contribution in [-0.4, -0.2) is 31.8 Å². The van der Waals surface area contributed by atoms with Crippen LogP contribution in [0.2, 0.25) is 0 Å². The molecule has 1 atom stereocenters. The molecule has 0 saturated carbocycles. The Morgan fingerprint density at radius 3 is 2.52 bits per heavy atom. The number of benzene rings is 1. The van der Waals surface area contributed by atoms with Crippen LogP contribution in [0.25, 0.3) is 0 Å². The van der Waals surface area contributed by atoms with E-state index in [1.807, 2.05) is 13.8 Å². The summed E-state index contributed by atoms with van der Waals surface area (Å²) in [6.07, 6.45) is 1.36. The second kappa shape index (κ2) is 8.02. The first-order valence-corrected chi connectivity index (χ1v) is 8.83. The first-order chi connectivity index (χ1) is 9.90. The molecule has 1 unspecified atom stereocenters. The zero-order chi connectivity index (χ0) is 15.9. The number of rotatable bonds is 9. The quantitative estimate of drug-likeness (QED) is 0.732. The van der Waals surface area contributed by atoms with Crippen LogP contribution < -0.4 is 5.32 Å². The molecule has 0 fully saturated rings. The molecule has 1 aromatic rings. The van der Waals surface area contributed by atoms with Gasteiger partial charge in [0.15, 0.2) is 9.84 Å². The Morgan fingerprint density at radius 1 is 1.29 bits per heavy atom. The minimum Gasteiger partial charge on any atom is -0.481 e. The maximum atomic E-state index is 12.2. The number of nitrogens with one attached hydrogen (secondary N) is 1. The highest BCUT2D eigenvalue weighted by molar-refractivity contribution is 7.91. The fourth-order valence-corrected chi connectivity index (χ4v) is 3.64. The van der Waals surface area contributed by atoms with Crippen LogP contribution in [0.1, 0.15) is 33.1 Å². The number of anilines is 1. The van der Waals surface area contributed by atoms with E-state index >= 15 is 0 Å². The average molecular weight is 313 g/mol. The standard InChI is InChI=1S/C15H23NO4S/c1-3-9-21(19,20)14-8-6-5-7-13(14)16-11-12(4-2)10-15(17)18/h5-8,12,16H,3-4,9-11H2,1-2H3,(H,17,18). The largest absolute Gasteiger partial charge is 0.481 e. The predicted molar refractivity (Wildman–Crippen MR) is 83.3 cm³/mol. The SMILES string of the molecule is CCCS(=O)(=O)c1ccccc1NCC(CC)CC(=O)O. The Labute approximate surface area is 126 Å². The molecule has 6 heteroatoms. The van der Waals surface area contributed by atoms with E-state index in [-0.39, 0.29) is 23.0 Å². The summed E-state index contributed by atoms with van der Waals surface area (Å²) in [5, 5.41) is 11.9. The van der Waals surface area contributed by atoms with E-state index in [0.29, 0.717) is 18.7 Å². The summed E-state index contributed by atoms with van der Waals surface area (Å²) in [5.41, 5.74) is 0.551. The minimum atomic E-state index is -3.30. The van der Waals surface area contributed by atoms with Crippen molar-refractivity contribution in [3.63, 3.8) is 0 Å². The molecule has 21 heavy (non-hydrogen) atoms. The molecule has 0 heterocycles. The fraction of sp³-hybridized carbons (Fsp3) is 0.533. The second-order valence-electron chi connectivity index (χ2n) is 5.07. The Kier molecular flexibility index (Phi) is 6.68. The number of carboxylic acid groups (broad SMARTS) is 1. The predicted octanol–water partition coefficient (Wildman–Crippen LogP) is 2.78. The molecule has 0 aliphatic heterocycles. The van der Waals surface area contributed by atoms with Crippen LogP contribution in [0.15, 0.2) is 29.2 Å². The summed E-state index contributed by atoms with van der Waals surface area (Å²) in [5.74, 6) is -0.752. The Morgan fingerprint density at radius 2 is 1.95 bits per heavy atom. The highest BCUT2D eigenvalue weighted by Crippen LogP contribution is 2.23. The number of aliphatic carboxylic acids is 1. The molecule has 2 N–H and O–H groups in total. The molecule has 0 radical (unpaired) electrons. The summed E-state index contributed by atoms with van der Waals surface area (Å²) in [4.78, 5) is 11.1. The molecule has 0 bridgehead atoms. The maximum Gasteiger partial charge on any atom is 0.303 e. The lowest BCUT2D eigenvalue weighted by atomic mass is 10.0. The van der Waals surface area contributed by atoms with Crippen LogP contribution >= 0.6 is 0 Å². The molecule has 0 aromatic heterocycles.